The van der Waals surface area contributed by atoms with Crippen molar-refractivity contribution < 1.29 is 13.9 Å². The van der Waals surface area contributed by atoms with Crippen LogP contribution in [0.3, 0.4) is 0 Å². The lowest BCUT2D eigenvalue weighted by Gasteiger charge is -2.32. The average molecular weight is 453 g/mol. The van der Waals surface area contributed by atoms with E-state index in [0.717, 1.165) is 43.1 Å². The molecule has 2 aliphatic rings. The van der Waals surface area contributed by atoms with Crippen LogP contribution in [0.1, 0.15) is 49.2 Å². The molecule has 1 atom stereocenters. The van der Waals surface area contributed by atoms with Gasteiger partial charge in [0.1, 0.15) is 0 Å². The molecule has 1 fully saturated rings. The molecule has 2 aromatic rings. The first-order chi connectivity index (χ1) is 15.7. The standard InChI is InChI=1S/C26H33FN4O2/c1-26(2,3)24-17-22(19-8-11-23(33-5)21(27)16-19)31(28-24)20-9-6-18(7-10-20)25(32)30-14-12-29(4)13-15-30/h6-11,16,22H,12-15,17H2,1-5H3. The Morgan fingerprint density at radius 2 is 1.73 bits per heavy atom. The third-order valence-corrected chi connectivity index (χ3v) is 6.51. The zero-order valence-corrected chi connectivity index (χ0v) is 20.1. The van der Waals surface area contributed by atoms with Gasteiger partial charge in [-0.15, -0.1) is 0 Å². The summed E-state index contributed by atoms with van der Waals surface area (Å²) in [4.78, 5) is 17.1. The van der Waals surface area contributed by atoms with Crippen molar-refractivity contribution in [3.05, 3.63) is 59.4 Å². The molecule has 7 heteroatoms. The summed E-state index contributed by atoms with van der Waals surface area (Å²) >= 11 is 0. The van der Waals surface area contributed by atoms with E-state index in [1.54, 1.807) is 6.07 Å². The minimum absolute atomic E-state index is 0.0590. The SMILES string of the molecule is COc1ccc(C2CC(C(C)(C)C)=NN2c2ccc(C(=O)N3CCN(C)CC3)cc2)cc1F. The fourth-order valence-electron chi connectivity index (χ4n) is 4.30. The van der Waals surface area contributed by atoms with Crippen molar-refractivity contribution in [3.63, 3.8) is 0 Å². The molecule has 1 saturated heterocycles. The van der Waals surface area contributed by atoms with Gasteiger partial charge in [0.2, 0.25) is 0 Å². The van der Waals surface area contributed by atoms with Crippen molar-refractivity contribution in [2.24, 2.45) is 10.5 Å². The Labute approximate surface area is 195 Å². The molecule has 0 spiro atoms. The molecule has 0 aliphatic carbocycles. The van der Waals surface area contributed by atoms with Crippen LogP contribution in [0.25, 0.3) is 0 Å². The van der Waals surface area contributed by atoms with E-state index in [2.05, 4.69) is 32.7 Å². The van der Waals surface area contributed by atoms with Gasteiger partial charge in [-0.2, -0.15) is 5.10 Å². The number of hydrogen-bond donors (Lipinski definition) is 0. The van der Waals surface area contributed by atoms with Gasteiger partial charge >= 0.3 is 0 Å². The Bertz CT molecular complexity index is 1040. The number of hydrazone groups is 1. The van der Waals surface area contributed by atoms with Crippen LogP contribution in [0.2, 0.25) is 0 Å². The summed E-state index contributed by atoms with van der Waals surface area (Å²) in [5.74, 6) is -0.0944. The summed E-state index contributed by atoms with van der Waals surface area (Å²) in [7, 11) is 3.54. The van der Waals surface area contributed by atoms with Gasteiger partial charge < -0.3 is 14.5 Å². The molecule has 4 rings (SSSR count). The normalized spacial score (nSPS) is 19.6. The maximum absolute atomic E-state index is 14.5. The number of ether oxygens (including phenoxy) is 1. The molecule has 0 bridgehead atoms. The highest BCUT2D eigenvalue weighted by Crippen LogP contribution is 2.40. The fourth-order valence-corrected chi connectivity index (χ4v) is 4.30. The van der Waals surface area contributed by atoms with Crippen LogP contribution in [0.15, 0.2) is 47.6 Å². The first kappa shape index (κ1) is 23.2. The Morgan fingerprint density at radius 1 is 1.06 bits per heavy atom. The van der Waals surface area contributed by atoms with E-state index in [1.807, 2.05) is 40.2 Å². The van der Waals surface area contributed by atoms with Crippen LogP contribution in [0.5, 0.6) is 5.75 Å². The molecule has 2 aromatic carbocycles. The number of likely N-dealkylation sites (N-methyl/N-ethyl adjacent to an activating group) is 1. The van der Waals surface area contributed by atoms with Gasteiger partial charge in [-0.1, -0.05) is 26.8 Å². The van der Waals surface area contributed by atoms with Gasteiger partial charge in [0.25, 0.3) is 5.91 Å². The second-order valence-electron chi connectivity index (χ2n) is 9.90. The third kappa shape index (κ3) is 4.88. The molecule has 2 heterocycles. The van der Waals surface area contributed by atoms with Gasteiger partial charge in [0.05, 0.1) is 18.8 Å². The summed E-state index contributed by atoms with van der Waals surface area (Å²) in [6.07, 6.45) is 0.706. The van der Waals surface area contributed by atoms with Gasteiger partial charge in [-0.3, -0.25) is 9.80 Å². The van der Waals surface area contributed by atoms with Crippen LogP contribution in [-0.4, -0.2) is 61.8 Å². The van der Waals surface area contributed by atoms with E-state index >= 15 is 0 Å². The Hall–Kier alpha value is -2.93. The van der Waals surface area contributed by atoms with Crippen LogP contribution in [0.4, 0.5) is 10.1 Å². The number of benzene rings is 2. The predicted octanol–water partition coefficient (Wildman–Crippen LogP) is 4.58. The zero-order chi connectivity index (χ0) is 23.8. The Balaban J connectivity index is 1.60. The van der Waals surface area contributed by atoms with E-state index < -0.39 is 0 Å². The molecule has 0 aromatic heterocycles. The fraction of sp³-hybridized carbons (Fsp3) is 0.462. The smallest absolute Gasteiger partial charge is 0.253 e. The highest BCUT2D eigenvalue weighted by atomic mass is 19.1. The third-order valence-electron chi connectivity index (χ3n) is 6.51. The summed E-state index contributed by atoms with van der Waals surface area (Å²) < 4.78 is 19.6. The lowest BCUT2D eigenvalue weighted by Crippen LogP contribution is -2.47. The topological polar surface area (TPSA) is 48.4 Å². The van der Waals surface area contributed by atoms with Gasteiger partial charge in [0.15, 0.2) is 11.6 Å². The maximum Gasteiger partial charge on any atom is 0.253 e. The summed E-state index contributed by atoms with van der Waals surface area (Å²) in [6, 6.07) is 12.6. The minimum Gasteiger partial charge on any atom is -0.494 e. The number of rotatable bonds is 4. The van der Waals surface area contributed by atoms with Crippen LogP contribution < -0.4 is 9.75 Å². The first-order valence-electron chi connectivity index (χ1n) is 11.5. The van der Waals surface area contributed by atoms with Crippen molar-refractivity contribution in [1.29, 1.82) is 0 Å². The van der Waals surface area contributed by atoms with Crippen molar-refractivity contribution in [3.8, 4) is 5.75 Å². The van der Waals surface area contributed by atoms with Gasteiger partial charge in [0, 0.05) is 49.3 Å². The number of amides is 1. The number of carbonyl (C=O) groups excluding carboxylic acids is 1. The Morgan fingerprint density at radius 3 is 2.30 bits per heavy atom. The highest BCUT2D eigenvalue weighted by Gasteiger charge is 2.35. The first-order valence-corrected chi connectivity index (χ1v) is 11.5. The quantitative estimate of drug-likeness (QED) is 0.682. The molecular weight excluding hydrogens is 419 g/mol. The molecule has 6 nitrogen and oxygen atoms in total. The number of halogens is 1. The maximum atomic E-state index is 14.5. The second-order valence-corrected chi connectivity index (χ2v) is 9.90. The monoisotopic (exact) mass is 452 g/mol. The average Bonchev–Trinajstić information content (AvgIpc) is 3.25. The van der Waals surface area contributed by atoms with Gasteiger partial charge in [-0.05, 0) is 49.0 Å². The number of hydrogen-bond acceptors (Lipinski definition) is 5. The lowest BCUT2D eigenvalue weighted by atomic mass is 9.86. The van der Waals surface area contributed by atoms with E-state index in [4.69, 9.17) is 9.84 Å². The van der Waals surface area contributed by atoms with E-state index in [1.165, 1.54) is 13.2 Å². The largest absolute Gasteiger partial charge is 0.494 e. The summed E-state index contributed by atoms with van der Waals surface area (Å²) in [6.45, 7) is 9.68. The molecule has 0 saturated carbocycles. The number of anilines is 1. The lowest BCUT2D eigenvalue weighted by molar-refractivity contribution is 0.0664. The summed E-state index contributed by atoms with van der Waals surface area (Å²) in [5, 5.41) is 6.88. The number of carbonyl (C=O) groups is 1. The number of piperazine rings is 1. The van der Waals surface area contributed by atoms with Gasteiger partial charge in [-0.25, -0.2) is 4.39 Å². The molecule has 176 valence electrons. The van der Waals surface area contributed by atoms with Crippen molar-refractivity contribution in [2.45, 2.75) is 33.2 Å². The molecule has 1 unspecified atom stereocenters. The van der Waals surface area contributed by atoms with Crippen LogP contribution in [-0.2, 0) is 0 Å². The zero-order valence-electron chi connectivity index (χ0n) is 20.1. The molecule has 1 amide bonds. The summed E-state index contributed by atoms with van der Waals surface area (Å²) in [5.41, 5.74) is 3.35. The van der Waals surface area contributed by atoms with E-state index in [9.17, 15) is 9.18 Å². The molecule has 0 radical (unpaired) electrons. The van der Waals surface area contributed by atoms with Crippen LogP contribution in [0, 0.1) is 11.2 Å². The van der Waals surface area contributed by atoms with Crippen molar-refractivity contribution in [2.75, 3.05) is 45.3 Å². The van der Waals surface area contributed by atoms with Crippen molar-refractivity contribution >= 4 is 17.3 Å². The number of methoxy groups -OCH3 is 1. The van der Waals surface area contributed by atoms with Crippen molar-refractivity contribution in [1.82, 2.24) is 9.80 Å². The minimum atomic E-state index is -0.382. The molecule has 0 N–H and O–H groups in total. The Kier molecular flexibility index (Phi) is 6.43. The molecule has 33 heavy (non-hydrogen) atoms. The molecular formula is C26H33FN4O2. The second kappa shape index (κ2) is 9.14. The number of nitrogens with zero attached hydrogens (tertiary/aromatic N) is 4. The van der Waals surface area contributed by atoms with Crippen LogP contribution >= 0.6 is 0 Å². The van der Waals surface area contributed by atoms with E-state index in [-0.39, 0.29) is 28.9 Å². The highest BCUT2D eigenvalue weighted by molar-refractivity contribution is 5.95. The van der Waals surface area contributed by atoms with E-state index in [0.29, 0.717) is 12.0 Å². The molecule has 2 aliphatic heterocycles. The predicted molar refractivity (Wildman–Crippen MR) is 130 cm³/mol.